The van der Waals surface area contributed by atoms with Gasteiger partial charge in [-0.15, -0.1) is 0 Å². The number of carbonyl (C=O) groups is 1. The van der Waals surface area contributed by atoms with Gasteiger partial charge in [-0.2, -0.15) is 0 Å². The molecule has 0 radical (unpaired) electrons. The molecule has 0 spiro atoms. The molecule has 2 rings (SSSR count). The van der Waals surface area contributed by atoms with Crippen molar-refractivity contribution >= 4 is 6.09 Å². The quantitative estimate of drug-likeness (QED) is 0.756. The minimum Gasteiger partial charge on any atom is -0.444 e. The van der Waals surface area contributed by atoms with Crippen LogP contribution in [0.15, 0.2) is 12.2 Å². The molecule has 3 unspecified atom stereocenters. The van der Waals surface area contributed by atoms with Crippen LogP contribution in [0.5, 0.6) is 0 Å². The lowest BCUT2D eigenvalue weighted by Gasteiger charge is -2.38. The van der Waals surface area contributed by atoms with E-state index in [1.54, 1.807) is 0 Å². The summed E-state index contributed by atoms with van der Waals surface area (Å²) in [6, 6.07) is 0. The molecular formula is C15H25NO3. The Balaban J connectivity index is 2.06. The van der Waals surface area contributed by atoms with E-state index in [1.807, 2.05) is 27.7 Å². The third kappa shape index (κ3) is 2.94. The van der Waals surface area contributed by atoms with E-state index in [2.05, 4.69) is 17.5 Å². The summed E-state index contributed by atoms with van der Waals surface area (Å²) >= 11 is 0. The highest BCUT2D eigenvalue weighted by atomic mass is 16.6. The predicted molar refractivity (Wildman–Crippen MR) is 73.8 cm³/mol. The number of aliphatic hydroxyl groups excluding tert-OH is 1. The van der Waals surface area contributed by atoms with E-state index in [0.717, 1.165) is 25.7 Å². The van der Waals surface area contributed by atoms with Gasteiger partial charge in [-0.25, -0.2) is 4.79 Å². The van der Waals surface area contributed by atoms with E-state index < -0.39 is 5.60 Å². The van der Waals surface area contributed by atoms with Crippen LogP contribution in [0.25, 0.3) is 0 Å². The summed E-state index contributed by atoms with van der Waals surface area (Å²) < 4.78 is 5.34. The van der Waals surface area contributed by atoms with Gasteiger partial charge in [0.25, 0.3) is 0 Å². The molecule has 0 aromatic carbocycles. The first-order chi connectivity index (χ1) is 8.67. The molecular weight excluding hydrogens is 242 g/mol. The van der Waals surface area contributed by atoms with Gasteiger partial charge in [-0.1, -0.05) is 12.2 Å². The summed E-state index contributed by atoms with van der Waals surface area (Å²) in [5.41, 5.74) is -0.896. The fourth-order valence-corrected chi connectivity index (χ4v) is 3.29. The zero-order chi connectivity index (χ0) is 14.3. The molecule has 19 heavy (non-hydrogen) atoms. The van der Waals surface area contributed by atoms with Crippen LogP contribution in [-0.2, 0) is 4.74 Å². The van der Waals surface area contributed by atoms with Crippen molar-refractivity contribution in [2.45, 2.75) is 70.6 Å². The second-order valence-electron chi connectivity index (χ2n) is 7.10. The average molecular weight is 267 g/mol. The summed E-state index contributed by atoms with van der Waals surface area (Å²) in [4.78, 5) is 12.0. The second kappa shape index (κ2) is 4.51. The van der Waals surface area contributed by atoms with Crippen molar-refractivity contribution in [3.05, 3.63) is 12.2 Å². The van der Waals surface area contributed by atoms with Crippen molar-refractivity contribution in [3.8, 4) is 0 Å². The Kier molecular flexibility index (Phi) is 3.42. The maximum atomic E-state index is 12.0. The number of amides is 1. The zero-order valence-electron chi connectivity index (χ0n) is 12.3. The number of aliphatic hydroxyl groups is 1. The SMILES string of the molecule is CC(O)C12C=CCC(NC(=O)OC(C)(C)C)(CC1)C2. The Bertz CT molecular complexity index is 397. The highest BCUT2D eigenvalue weighted by Gasteiger charge is 2.51. The molecule has 1 fully saturated rings. The molecule has 2 bridgehead atoms. The fourth-order valence-electron chi connectivity index (χ4n) is 3.29. The topological polar surface area (TPSA) is 58.6 Å². The van der Waals surface area contributed by atoms with Gasteiger partial charge in [0.15, 0.2) is 0 Å². The lowest BCUT2D eigenvalue weighted by Crippen LogP contribution is -2.50. The lowest BCUT2D eigenvalue weighted by atomic mass is 9.74. The van der Waals surface area contributed by atoms with Crippen LogP contribution >= 0.6 is 0 Å². The van der Waals surface area contributed by atoms with Crippen LogP contribution in [0.1, 0.15) is 53.4 Å². The predicted octanol–water partition coefficient (Wildman–Crippen LogP) is 2.76. The molecule has 0 aromatic heterocycles. The van der Waals surface area contributed by atoms with Crippen LogP contribution in [0, 0.1) is 5.41 Å². The van der Waals surface area contributed by atoms with Crippen LogP contribution in [-0.4, -0.2) is 28.4 Å². The van der Waals surface area contributed by atoms with Gasteiger partial charge in [0.2, 0.25) is 0 Å². The second-order valence-corrected chi connectivity index (χ2v) is 7.10. The van der Waals surface area contributed by atoms with Gasteiger partial charge in [0.05, 0.1) is 6.10 Å². The Morgan fingerprint density at radius 3 is 2.68 bits per heavy atom. The van der Waals surface area contributed by atoms with Gasteiger partial charge < -0.3 is 15.2 Å². The molecule has 0 aromatic rings. The number of hydrogen-bond donors (Lipinski definition) is 2. The number of nitrogens with one attached hydrogen (secondary N) is 1. The molecule has 2 aliphatic carbocycles. The number of ether oxygens (including phenoxy) is 1. The summed E-state index contributed by atoms with van der Waals surface area (Å²) in [5, 5.41) is 13.0. The smallest absolute Gasteiger partial charge is 0.408 e. The van der Waals surface area contributed by atoms with Crippen molar-refractivity contribution in [1.82, 2.24) is 5.32 Å². The number of fused-ring (bicyclic) bond motifs is 2. The fraction of sp³-hybridized carbons (Fsp3) is 0.800. The maximum absolute atomic E-state index is 12.0. The van der Waals surface area contributed by atoms with E-state index in [4.69, 9.17) is 4.74 Å². The molecule has 4 heteroatoms. The summed E-state index contributed by atoms with van der Waals surface area (Å²) in [6.07, 6.45) is 6.89. The van der Waals surface area contributed by atoms with E-state index in [-0.39, 0.29) is 23.2 Å². The molecule has 0 aliphatic heterocycles. The first-order valence-electron chi connectivity index (χ1n) is 7.03. The van der Waals surface area contributed by atoms with Crippen molar-refractivity contribution in [1.29, 1.82) is 0 Å². The number of carbonyl (C=O) groups excluding carboxylic acids is 1. The Hall–Kier alpha value is -1.03. The first-order valence-corrected chi connectivity index (χ1v) is 7.03. The zero-order valence-corrected chi connectivity index (χ0v) is 12.3. The maximum Gasteiger partial charge on any atom is 0.408 e. The summed E-state index contributed by atoms with van der Waals surface area (Å²) in [7, 11) is 0. The molecule has 3 atom stereocenters. The van der Waals surface area contributed by atoms with Gasteiger partial charge in [0, 0.05) is 11.0 Å². The first kappa shape index (κ1) is 14.4. The normalized spacial score (nSPS) is 35.0. The average Bonchev–Trinajstić information content (AvgIpc) is 2.48. The van der Waals surface area contributed by atoms with Crippen LogP contribution < -0.4 is 5.32 Å². The Morgan fingerprint density at radius 2 is 2.11 bits per heavy atom. The van der Waals surface area contributed by atoms with E-state index in [1.165, 1.54) is 0 Å². The van der Waals surface area contributed by atoms with Gasteiger partial charge >= 0.3 is 6.09 Å². The largest absolute Gasteiger partial charge is 0.444 e. The summed E-state index contributed by atoms with van der Waals surface area (Å²) in [6.45, 7) is 7.42. The monoisotopic (exact) mass is 267 g/mol. The van der Waals surface area contributed by atoms with E-state index in [9.17, 15) is 9.90 Å². The molecule has 0 saturated heterocycles. The molecule has 2 N–H and O–H groups in total. The van der Waals surface area contributed by atoms with E-state index >= 15 is 0 Å². The summed E-state index contributed by atoms with van der Waals surface area (Å²) in [5.74, 6) is 0. The minimum atomic E-state index is -0.481. The Labute approximate surface area is 115 Å². The van der Waals surface area contributed by atoms with Crippen molar-refractivity contribution in [3.63, 3.8) is 0 Å². The third-order valence-corrected chi connectivity index (χ3v) is 4.29. The molecule has 0 heterocycles. The minimum absolute atomic E-state index is 0.173. The highest BCUT2D eigenvalue weighted by molar-refractivity contribution is 5.69. The Morgan fingerprint density at radius 1 is 1.42 bits per heavy atom. The van der Waals surface area contributed by atoms with Crippen LogP contribution in [0.2, 0.25) is 0 Å². The lowest BCUT2D eigenvalue weighted by molar-refractivity contribution is 0.0401. The third-order valence-electron chi connectivity index (χ3n) is 4.29. The number of rotatable bonds is 2. The van der Waals surface area contributed by atoms with Crippen LogP contribution in [0.3, 0.4) is 0 Å². The van der Waals surface area contributed by atoms with Crippen molar-refractivity contribution in [2.24, 2.45) is 5.41 Å². The molecule has 108 valence electrons. The standard InChI is InChI=1S/C15H25NO3/c1-11(17)14-6-5-7-15(10-14,9-8-14)16-12(18)19-13(2,3)4/h5-6,11,17H,7-10H2,1-4H3,(H,16,18). The van der Waals surface area contributed by atoms with Crippen LogP contribution in [0.4, 0.5) is 4.79 Å². The highest BCUT2D eigenvalue weighted by Crippen LogP contribution is 2.52. The molecule has 1 amide bonds. The molecule has 2 aliphatic rings. The van der Waals surface area contributed by atoms with Gasteiger partial charge in [-0.3, -0.25) is 0 Å². The van der Waals surface area contributed by atoms with Crippen molar-refractivity contribution < 1.29 is 14.6 Å². The van der Waals surface area contributed by atoms with Crippen molar-refractivity contribution in [2.75, 3.05) is 0 Å². The van der Waals surface area contributed by atoms with Gasteiger partial charge in [-0.05, 0) is 53.4 Å². The van der Waals surface area contributed by atoms with E-state index in [0.29, 0.717) is 0 Å². The molecule has 1 saturated carbocycles. The molecule has 4 nitrogen and oxygen atoms in total. The number of alkyl carbamates (subject to hydrolysis) is 1. The number of hydrogen-bond acceptors (Lipinski definition) is 3. The van der Waals surface area contributed by atoms with Gasteiger partial charge in [0.1, 0.15) is 5.60 Å².